The van der Waals surface area contributed by atoms with E-state index in [-0.39, 0.29) is 6.04 Å². The molecule has 1 aromatic carbocycles. The van der Waals surface area contributed by atoms with E-state index in [1.165, 1.54) is 5.56 Å². The van der Waals surface area contributed by atoms with Crippen molar-refractivity contribution in [3.8, 4) is 5.75 Å². The Bertz CT molecular complexity index is 578. The minimum Gasteiger partial charge on any atom is -0.497 e. The Kier molecular flexibility index (Phi) is 4.55. The van der Waals surface area contributed by atoms with Crippen LogP contribution in [0.1, 0.15) is 30.6 Å². The Morgan fingerprint density at radius 2 is 2.00 bits per heavy atom. The molecule has 1 aromatic heterocycles. The number of methoxy groups -OCH3 is 1. The SMILES string of the molecule is COc1ccc(CCC(C)n2nc(C)c(Cl)c2N)cc1. The molecule has 5 heteroatoms. The van der Waals surface area contributed by atoms with Gasteiger partial charge in [0.15, 0.2) is 0 Å². The van der Waals surface area contributed by atoms with Crippen LogP contribution in [0.4, 0.5) is 5.82 Å². The molecule has 108 valence electrons. The van der Waals surface area contributed by atoms with Crippen molar-refractivity contribution in [3.05, 3.63) is 40.5 Å². The summed E-state index contributed by atoms with van der Waals surface area (Å²) in [6, 6.07) is 8.32. The zero-order valence-electron chi connectivity index (χ0n) is 12.1. The van der Waals surface area contributed by atoms with Crippen LogP contribution in [-0.2, 0) is 6.42 Å². The molecule has 2 aromatic rings. The average Bonchev–Trinajstić information content (AvgIpc) is 2.73. The quantitative estimate of drug-likeness (QED) is 0.916. The van der Waals surface area contributed by atoms with Gasteiger partial charge in [-0.15, -0.1) is 0 Å². The highest BCUT2D eigenvalue weighted by molar-refractivity contribution is 6.33. The molecule has 1 atom stereocenters. The maximum Gasteiger partial charge on any atom is 0.141 e. The van der Waals surface area contributed by atoms with Crippen molar-refractivity contribution < 1.29 is 4.74 Å². The Morgan fingerprint density at radius 1 is 1.35 bits per heavy atom. The molecule has 2 N–H and O–H groups in total. The first-order valence-corrected chi connectivity index (χ1v) is 7.03. The largest absolute Gasteiger partial charge is 0.497 e. The van der Waals surface area contributed by atoms with Gasteiger partial charge in [-0.2, -0.15) is 5.10 Å². The second kappa shape index (κ2) is 6.18. The number of nitrogen functional groups attached to an aromatic ring is 1. The maximum atomic E-state index is 6.07. The summed E-state index contributed by atoms with van der Waals surface area (Å²) in [5, 5.41) is 4.95. The molecule has 20 heavy (non-hydrogen) atoms. The molecule has 1 heterocycles. The van der Waals surface area contributed by atoms with Crippen LogP contribution in [0.2, 0.25) is 5.02 Å². The summed E-state index contributed by atoms with van der Waals surface area (Å²) in [6.07, 6.45) is 1.91. The molecule has 0 aliphatic rings. The molecule has 2 rings (SSSR count). The fourth-order valence-electron chi connectivity index (χ4n) is 2.17. The lowest BCUT2D eigenvalue weighted by Gasteiger charge is -2.14. The predicted molar refractivity (Wildman–Crippen MR) is 82.4 cm³/mol. The zero-order valence-corrected chi connectivity index (χ0v) is 12.8. The monoisotopic (exact) mass is 293 g/mol. The van der Waals surface area contributed by atoms with Gasteiger partial charge in [0.05, 0.1) is 18.8 Å². The molecule has 0 spiro atoms. The van der Waals surface area contributed by atoms with E-state index in [0.29, 0.717) is 10.8 Å². The number of anilines is 1. The topological polar surface area (TPSA) is 53.1 Å². The van der Waals surface area contributed by atoms with Gasteiger partial charge in [0.2, 0.25) is 0 Å². The third-order valence-corrected chi connectivity index (χ3v) is 3.94. The summed E-state index contributed by atoms with van der Waals surface area (Å²) in [4.78, 5) is 0. The van der Waals surface area contributed by atoms with Gasteiger partial charge in [-0.3, -0.25) is 0 Å². The Labute approximate surface area is 124 Å². The highest BCUT2D eigenvalue weighted by Crippen LogP contribution is 2.27. The summed E-state index contributed by atoms with van der Waals surface area (Å²) in [7, 11) is 1.67. The molecule has 1 unspecified atom stereocenters. The molecule has 0 aliphatic heterocycles. The Balaban J connectivity index is 2.00. The van der Waals surface area contributed by atoms with E-state index in [0.717, 1.165) is 24.3 Å². The van der Waals surface area contributed by atoms with Crippen molar-refractivity contribution in [3.63, 3.8) is 0 Å². The van der Waals surface area contributed by atoms with E-state index in [4.69, 9.17) is 22.1 Å². The van der Waals surface area contributed by atoms with Crippen LogP contribution in [-0.4, -0.2) is 16.9 Å². The van der Waals surface area contributed by atoms with Crippen LogP contribution in [0.3, 0.4) is 0 Å². The van der Waals surface area contributed by atoms with Crippen LogP contribution in [0.5, 0.6) is 5.75 Å². The summed E-state index contributed by atoms with van der Waals surface area (Å²) >= 11 is 6.07. The number of ether oxygens (including phenoxy) is 1. The van der Waals surface area contributed by atoms with E-state index in [2.05, 4.69) is 24.2 Å². The molecule has 0 amide bonds. The number of nitrogens with zero attached hydrogens (tertiary/aromatic N) is 2. The van der Waals surface area contributed by atoms with Crippen LogP contribution in [0.25, 0.3) is 0 Å². The van der Waals surface area contributed by atoms with E-state index < -0.39 is 0 Å². The molecular weight excluding hydrogens is 274 g/mol. The van der Waals surface area contributed by atoms with Crippen LogP contribution < -0.4 is 10.5 Å². The molecule has 0 saturated heterocycles. The zero-order chi connectivity index (χ0) is 14.7. The normalized spacial score (nSPS) is 12.4. The highest BCUT2D eigenvalue weighted by atomic mass is 35.5. The van der Waals surface area contributed by atoms with E-state index >= 15 is 0 Å². The average molecular weight is 294 g/mol. The second-order valence-corrected chi connectivity index (χ2v) is 5.34. The third-order valence-electron chi connectivity index (χ3n) is 3.47. The number of hydrogen-bond acceptors (Lipinski definition) is 3. The molecule has 0 saturated carbocycles. The predicted octanol–water partition coefficient (Wildman–Crippen LogP) is 3.63. The molecular formula is C15H20ClN3O. The first-order valence-electron chi connectivity index (χ1n) is 6.66. The summed E-state index contributed by atoms with van der Waals surface area (Å²) in [5.41, 5.74) is 8.01. The Hall–Kier alpha value is -1.68. The van der Waals surface area contributed by atoms with E-state index in [9.17, 15) is 0 Å². The summed E-state index contributed by atoms with van der Waals surface area (Å²) < 4.78 is 6.96. The number of aromatic nitrogens is 2. The van der Waals surface area contributed by atoms with Gasteiger partial charge < -0.3 is 10.5 Å². The van der Waals surface area contributed by atoms with Crippen molar-refractivity contribution in [2.45, 2.75) is 32.7 Å². The second-order valence-electron chi connectivity index (χ2n) is 4.96. The van der Waals surface area contributed by atoms with Gasteiger partial charge in [-0.1, -0.05) is 23.7 Å². The molecule has 0 bridgehead atoms. The number of halogens is 1. The lowest BCUT2D eigenvalue weighted by Crippen LogP contribution is -2.11. The minimum atomic E-state index is 0.211. The molecule has 0 fully saturated rings. The minimum absolute atomic E-state index is 0.211. The lowest BCUT2D eigenvalue weighted by atomic mass is 10.1. The number of aryl methyl sites for hydroxylation is 2. The van der Waals surface area contributed by atoms with Crippen LogP contribution in [0.15, 0.2) is 24.3 Å². The first-order chi connectivity index (χ1) is 9.52. The van der Waals surface area contributed by atoms with Crippen molar-refractivity contribution >= 4 is 17.4 Å². The van der Waals surface area contributed by atoms with Crippen LogP contribution in [0, 0.1) is 6.92 Å². The van der Waals surface area contributed by atoms with Gasteiger partial charge in [0.1, 0.15) is 16.6 Å². The van der Waals surface area contributed by atoms with Gasteiger partial charge in [-0.05, 0) is 44.4 Å². The van der Waals surface area contributed by atoms with Gasteiger partial charge in [0.25, 0.3) is 0 Å². The van der Waals surface area contributed by atoms with Crippen molar-refractivity contribution in [2.24, 2.45) is 0 Å². The number of rotatable bonds is 5. The summed E-state index contributed by atoms with van der Waals surface area (Å²) in [6.45, 7) is 3.97. The van der Waals surface area contributed by atoms with Crippen LogP contribution >= 0.6 is 11.6 Å². The molecule has 0 aliphatic carbocycles. The smallest absolute Gasteiger partial charge is 0.141 e. The van der Waals surface area contributed by atoms with E-state index in [1.54, 1.807) is 11.8 Å². The number of hydrogen-bond donors (Lipinski definition) is 1. The third kappa shape index (κ3) is 3.07. The lowest BCUT2D eigenvalue weighted by molar-refractivity contribution is 0.414. The fraction of sp³-hybridized carbons (Fsp3) is 0.400. The van der Waals surface area contributed by atoms with Gasteiger partial charge in [-0.25, -0.2) is 4.68 Å². The standard InChI is InChI=1S/C15H20ClN3O/c1-10(19-15(17)14(16)11(2)18-19)4-5-12-6-8-13(20-3)9-7-12/h6-10H,4-5,17H2,1-3H3. The van der Waals surface area contributed by atoms with Crippen molar-refractivity contribution in [1.82, 2.24) is 9.78 Å². The highest BCUT2D eigenvalue weighted by Gasteiger charge is 2.15. The Morgan fingerprint density at radius 3 is 2.50 bits per heavy atom. The number of benzene rings is 1. The maximum absolute atomic E-state index is 6.07. The van der Waals surface area contributed by atoms with E-state index in [1.807, 2.05) is 19.1 Å². The fourth-order valence-corrected chi connectivity index (χ4v) is 2.30. The number of nitrogens with two attached hydrogens (primary N) is 1. The first kappa shape index (κ1) is 14.7. The molecule has 4 nitrogen and oxygen atoms in total. The van der Waals surface area contributed by atoms with Crippen molar-refractivity contribution in [1.29, 1.82) is 0 Å². The summed E-state index contributed by atoms with van der Waals surface area (Å²) in [5.74, 6) is 1.42. The van der Waals surface area contributed by atoms with Gasteiger partial charge in [0, 0.05) is 0 Å². The molecule has 0 radical (unpaired) electrons. The van der Waals surface area contributed by atoms with Crippen molar-refractivity contribution in [2.75, 3.05) is 12.8 Å². The van der Waals surface area contributed by atoms with Gasteiger partial charge >= 0.3 is 0 Å².